The molecule has 4 aromatic rings. The first-order valence-corrected chi connectivity index (χ1v) is 12.3. The highest BCUT2D eigenvalue weighted by molar-refractivity contribution is 6.30. The summed E-state index contributed by atoms with van der Waals surface area (Å²) >= 11 is 6.13. The molecule has 0 aliphatic carbocycles. The fourth-order valence-electron chi connectivity index (χ4n) is 4.22. The Labute approximate surface area is 211 Å². The van der Waals surface area contributed by atoms with Crippen molar-refractivity contribution in [2.75, 3.05) is 29.5 Å². The zero-order chi connectivity index (χ0) is 24.9. The quantitative estimate of drug-likeness (QED) is 0.301. The van der Waals surface area contributed by atoms with Crippen molar-refractivity contribution in [2.45, 2.75) is 40.8 Å². The molecule has 35 heavy (non-hydrogen) atoms. The number of pyridine rings is 1. The normalized spacial score (nSPS) is 11.1. The third-order valence-electron chi connectivity index (χ3n) is 5.97. The Morgan fingerprint density at radius 1 is 0.971 bits per heavy atom. The van der Waals surface area contributed by atoms with E-state index in [1.54, 1.807) is 12.4 Å². The summed E-state index contributed by atoms with van der Waals surface area (Å²) in [6, 6.07) is 10.1. The van der Waals surface area contributed by atoms with Crippen molar-refractivity contribution in [3.05, 3.63) is 64.6 Å². The van der Waals surface area contributed by atoms with Crippen LogP contribution in [0.3, 0.4) is 0 Å². The molecular formula is C26H32ClN7O. The van der Waals surface area contributed by atoms with E-state index in [1.165, 1.54) is 0 Å². The summed E-state index contributed by atoms with van der Waals surface area (Å²) in [4.78, 5) is 18.7. The van der Waals surface area contributed by atoms with Crippen molar-refractivity contribution in [2.24, 2.45) is 7.05 Å². The topological polar surface area (TPSA) is 72.2 Å². The van der Waals surface area contributed by atoms with Crippen LogP contribution in [0.2, 0.25) is 5.02 Å². The van der Waals surface area contributed by atoms with Gasteiger partial charge in [0.15, 0.2) is 11.4 Å². The number of hydrogen-bond acceptors (Lipinski definition) is 7. The van der Waals surface area contributed by atoms with Gasteiger partial charge in [0.1, 0.15) is 5.82 Å². The highest BCUT2D eigenvalue weighted by atomic mass is 35.5. The third-order valence-corrected chi connectivity index (χ3v) is 6.23. The lowest BCUT2D eigenvalue weighted by Crippen LogP contribution is -2.28. The molecule has 0 spiro atoms. The van der Waals surface area contributed by atoms with Crippen molar-refractivity contribution in [3.63, 3.8) is 0 Å². The lowest BCUT2D eigenvalue weighted by molar-refractivity contribution is 0.337. The van der Waals surface area contributed by atoms with Gasteiger partial charge in [-0.1, -0.05) is 23.7 Å². The molecule has 9 heteroatoms. The zero-order valence-corrected chi connectivity index (χ0v) is 21.7. The summed E-state index contributed by atoms with van der Waals surface area (Å²) in [5.74, 6) is 2.23. The predicted molar refractivity (Wildman–Crippen MR) is 141 cm³/mol. The molecule has 0 aliphatic rings. The number of fused-ring (bicyclic) bond motifs is 1. The molecule has 0 bridgehead atoms. The molecule has 184 valence electrons. The summed E-state index contributed by atoms with van der Waals surface area (Å²) in [5.41, 5.74) is 4.06. The fraction of sp³-hybridized carbons (Fsp3) is 0.385. The van der Waals surface area contributed by atoms with Crippen molar-refractivity contribution in [1.82, 2.24) is 24.7 Å². The number of aromatic nitrogens is 5. The molecule has 0 saturated heterocycles. The number of hydrogen-bond donors (Lipinski definition) is 0. The number of benzene rings is 1. The molecule has 0 fully saturated rings. The largest absolute Gasteiger partial charge is 0.491 e. The Morgan fingerprint density at radius 2 is 1.66 bits per heavy atom. The highest BCUT2D eigenvalue weighted by Gasteiger charge is 2.20. The minimum atomic E-state index is 0.570. The van der Waals surface area contributed by atoms with E-state index in [-0.39, 0.29) is 0 Å². The number of ether oxygens (including phenoxy) is 1. The minimum absolute atomic E-state index is 0.570. The number of rotatable bonds is 10. The molecule has 0 aliphatic heterocycles. The molecule has 0 unspecified atom stereocenters. The van der Waals surface area contributed by atoms with Crippen LogP contribution in [0, 0.1) is 6.92 Å². The molecule has 3 heterocycles. The fourth-order valence-corrected chi connectivity index (χ4v) is 4.34. The first-order valence-electron chi connectivity index (χ1n) is 12.0. The molecule has 4 rings (SSSR count). The molecule has 0 radical (unpaired) electrons. The molecule has 3 aromatic heterocycles. The smallest absolute Gasteiger partial charge is 0.226 e. The number of nitrogens with zero attached hydrogens (tertiary/aromatic N) is 7. The Hall–Kier alpha value is -3.39. The monoisotopic (exact) mass is 493 g/mol. The van der Waals surface area contributed by atoms with E-state index in [1.807, 2.05) is 49.8 Å². The third kappa shape index (κ3) is 5.48. The van der Waals surface area contributed by atoms with Crippen LogP contribution in [-0.4, -0.2) is 44.4 Å². The summed E-state index contributed by atoms with van der Waals surface area (Å²) in [6.45, 7) is 11.7. The summed E-state index contributed by atoms with van der Waals surface area (Å²) in [5, 5.41) is 6.36. The van der Waals surface area contributed by atoms with Crippen molar-refractivity contribution in [3.8, 4) is 5.75 Å². The van der Waals surface area contributed by atoms with Gasteiger partial charge in [-0.25, -0.2) is 15.0 Å². The minimum Gasteiger partial charge on any atom is -0.491 e. The highest BCUT2D eigenvalue weighted by Crippen LogP contribution is 2.28. The Bertz CT molecular complexity index is 1270. The van der Waals surface area contributed by atoms with E-state index in [2.05, 4.69) is 44.8 Å². The lowest BCUT2D eigenvalue weighted by Gasteiger charge is -2.27. The Morgan fingerprint density at radius 3 is 2.29 bits per heavy atom. The molecular weight excluding hydrogens is 462 g/mol. The maximum absolute atomic E-state index is 6.13. The SMILES string of the molecule is CCOc1cnc(N(Cc2ccc(Cl)cc2)Cc2cc3c(C)nn(C)c3nc2N(CC)CC)nc1. The Kier molecular flexibility index (Phi) is 7.70. The van der Waals surface area contributed by atoms with Gasteiger partial charge >= 0.3 is 0 Å². The van der Waals surface area contributed by atoms with Crippen LogP contribution >= 0.6 is 11.6 Å². The van der Waals surface area contributed by atoms with Gasteiger partial charge in [-0.3, -0.25) is 4.68 Å². The van der Waals surface area contributed by atoms with Gasteiger partial charge in [0.25, 0.3) is 0 Å². The first-order chi connectivity index (χ1) is 16.9. The second-order valence-corrected chi connectivity index (χ2v) is 8.79. The van der Waals surface area contributed by atoms with Gasteiger partial charge in [-0.05, 0) is 51.5 Å². The van der Waals surface area contributed by atoms with Gasteiger partial charge in [0.05, 0.1) is 24.7 Å². The molecule has 0 amide bonds. The number of aryl methyl sites for hydroxylation is 2. The van der Waals surface area contributed by atoms with E-state index < -0.39 is 0 Å². The molecule has 8 nitrogen and oxygen atoms in total. The second kappa shape index (κ2) is 10.9. The summed E-state index contributed by atoms with van der Waals surface area (Å²) in [7, 11) is 1.94. The van der Waals surface area contributed by atoms with E-state index in [4.69, 9.17) is 21.3 Å². The van der Waals surface area contributed by atoms with Crippen molar-refractivity contribution >= 4 is 34.4 Å². The van der Waals surface area contributed by atoms with Crippen molar-refractivity contribution < 1.29 is 4.74 Å². The average molecular weight is 494 g/mol. The van der Waals surface area contributed by atoms with Crippen LogP contribution in [0.1, 0.15) is 37.6 Å². The van der Waals surface area contributed by atoms with Crippen molar-refractivity contribution in [1.29, 1.82) is 0 Å². The lowest BCUT2D eigenvalue weighted by atomic mass is 10.1. The van der Waals surface area contributed by atoms with Gasteiger partial charge in [-0.2, -0.15) is 5.10 Å². The molecule has 0 atom stereocenters. The molecule has 0 N–H and O–H groups in total. The maximum Gasteiger partial charge on any atom is 0.226 e. The summed E-state index contributed by atoms with van der Waals surface area (Å²) in [6.07, 6.45) is 3.44. The van der Waals surface area contributed by atoms with E-state index in [0.29, 0.717) is 36.4 Å². The second-order valence-electron chi connectivity index (χ2n) is 8.36. The van der Waals surface area contributed by atoms with Crippen LogP contribution in [0.5, 0.6) is 5.75 Å². The summed E-state index contributed by atoms with van der Waals surface area (Å²) < 4.78 is 7.40. The number of halogens is 1. The standard InChI is InChI=1S/C26H32ClN7O/c1-6-33(7-2)24-20(13-23-18(4)31-32(5)25(23)30-24)17-34(16-19-9-11-21(27)12-10-19)26-28-14-22(15-29-26)35-8-3/h9-15H,6-8,16-17H2,1-5H3. The Balaban J connectivity index is 1.78. The van der Waals surface area contributed by atoms with Crippen LogP contribution in [-0.2, 0) is 20.1 Å². The van der Waals surface area contributed by atoms with Gasteiger partial charge in [0.2, 0.25) is 5.95 Å². The van der Waals surface area contributed by atoms with Crippen LogP contribution in [0.4, 0.5) is 11.8 Å². The van der Waals surface area contributed by atoms with Crippen LogP contribution < -0.4 is 14.5 Å². The number of anilines is 2. The molecule has 1 aromatic carbocycles. The average Bonchev–Trinajstić information content (AvgIpc) is 3.14. The van der Waals surface area contributed by atoms with E-state index in [9.17, 15) is 0 Å². The van der Waals surface area contributed by atoms with Crippen LogP contribution in [0.25, 0.3) is 11.0 Å². The van der Waals surface area contributed by atoms with Gasteiger partial charge < -0.3 is 14.5 Å². The van der Waals surface area contributed by atoms with E-state index in [0.717, 1.165) is 46.8 Å². The van der Waals surface area contributed by atoms with Gasteiger partial charge in [0, 0.05) is 49.2 Å². The van der Waals surface area contributed by atoms with E-state index >= 15 is 0 Å². The van der Waals surface area contributed by atoms with Crippen LogP contribution in [0.15, 0.2) is 42.7 Å². The maximum atomic E-state index is 6.13. The molecule has 0 saturated carbocycles. The first kappa shape index (κ1) is 24.7. The predicted octanol–water partition coefficient (Wildman–Crippen LogP) is 5.17. The van der Waals surface area contributed by atoms with Gasteiger partial charge in [-0.15, -0.1) is 0 Å². The zero-order valence-electron chi connectivity index (χ0n) is 21.0.